The van der Waals surface area contributed by atoms with E-state index in [-0.39, 0.29) is 25.0 Å². The minimum atomic E-state index is -1.49. The van der Waals surface area contributed by atoms with E-state index in [1.54, 1.807) is 38.1 Å². The predicted octanol–water partition coefficient (Wildman–Crippen LogP) is 4.57. The van der Waals surface area contributed by atoms with E-state index in [0.29, 0.717) is 69.1 Å². The van der Waals surface area contributed by atoms with Gasteiger partial charge in [-0.2, -0.15) is 0 Å². The molecule has 13 heteroatoms. The lowest BCUT2D eigenvalue weighted by molar-refractivity contribution is 0.0625. The van der Waals surface area contributed by atoms with Gasteiger partial charge in [-0.05, 0) is 49.1 Å². The molecule has 0 unspecified atom stereocenters. The van der Waals surface area contributed by atoms with Crippen LogP contribution in [0, 0.1) is 5.92 Å². The number of fused-ring (bicyclic) bond motifs is 4. The molecule has 2 heterocycles. The third-order valence-electron chi connectivity index (χ3n) is 8.43. The molecule has 2 atom stereocenters. The molecule has 0 saturated heterocycles. The van der Waals surface area contributed by atoms with Crippen LogP contribution in [0.5, 0.6) is 40.2 Å². The number of aliphatic hydroxyl groups is 1. The first-order valence-electron chi connectivity index (χ1n) is 14.6. The van der Waals surface area contributed by atoms with Crippen LogP contribution in [0.1, 0.15) is 30.7 Å². The highest BCUT2D eigenvalue weighted by atomic mass is 16.7. The first-order chi connectivity index (χ1) is 22.2. The summed E-state index contributed by atoms with van der Waals surface area (Å²) in [7, 11) is 7.77. The summed E-state index contributed by atoms with van der Waals surface area (Å²) in [6.45, 7) is 3.69. The number of aromatic nitrogens is 3. The second kappa shape index (κ2) is 12.3. The Morgan fingerprint density at radius 3 is 2.46 bits per heavy atom. The van der Waals surface area contributed by atoms with Crippen LogP contribution in [-0.4, -0.2) is 73.8 Å². The zero-order valence-corrected chi connectivity index (χ0v) is 26.7. The van der Waals surface area contributed by atoms with Crippen molar-refractivity contribution in [1.29, 1.82) is 0 Å². The summed E-state index contributed by atoms with van der Waals surface area (Å²) in [6, 6.07) is 11.1. The van der Waals surface area contributed by atoms with Gasteiger partial charge in [0.05, 0.1) is 47.4 Å². The van der Waals surface area contributed by atoms with E-state index in [1.165, 1.54) is 21.3 Å². The number of rotatable bonds is 9. The van der Waals surface area contributed by atoms with Gasteiger partial charge in [0.15, 0.2) is 29.6 Å². The Morgan fingerprint density at radius 1 is 0.957 bits per heavy atom. The van der Waals surface area contributed by atoms with Gasteiger partial charge in [-0.25, -0.2) is 4.68 Å². The van der Waals surface area contributed by atoms with Gasteiger partial charge < -0.3 is 43.1 Å². The van der Waals surface area contributed by atoms with Crippen LogP contribution in [0.4, 0.5) is 0 Å². The highest BCUT2D eigenvalue weighted by molar-refractivity contribution is 6.13. The summed E-state index contributed by atoms with van der Waals surface area (Å²) in [6.07, 6.45) is 2.17. The Bertz CT molecular complexity index is 1800. The molecule has 1 N–H and O–H groups in total. The first kappa shape index (κ1) is 30.8. The molecule has 3 aromatic carbocycles. The van der Waals surface area contributed by atoms with E-state index in [4.69, 9.17) is 38.0 Å². The third kappa shape index (κ3) is 5.15. The number of methoxy groups -OCH3 is 5. The highest BCUT2D eigenvalue weighted by Crippen LogP contribution is 2.57. The van der Waals surface area contributed by atoms with Crippen LogP contribution in [-0.2, 0) is 17.9 Å². The average Bonchev–Trinajstić information content (AvgIpc) is 3.74. The fourth-order valence-electron chi connectivity index (χ4n) is 5.87. The summed E-state index contributed by atoms with van der Waals surface area (Å²) >= 11 is 0. The van der Waals surface area contributed by atoms with Gasteiger partial charge in [-0.15, -0.1) is 5.10 Å². The van der Waals surface area contributed by atoms with E-state index in [1.807, 2.05) is 37.3 Å². The molecule has 46 heavy (non-hydrogen) atoms. The van der Waals surface area contributed by atoms with Crippen LogP contribution < -0.4 is 33.2 Å². The second-order valence-corrected chi connectivity index (χ2v) is 11.1. The van der Waals surface area contributed by atoms with Crippen LogP contribution in [0.25, 0.3) is 16.8 Å². The Balaban J connectivity index is 1.50. The number of benzene rings is 3. The van der Waals surface area contributed by atoms with Gasteiger partial charge in [-0.3, -0.25) is 0 Å². The minimum Gasteiger partial charge on any atom is -0.497 e. The van der Waals surface area contributed by atoms with Crippen molar-refractivity contribution in [3.05, 3.63) is 59.4 Å². The number of ether oxygens (including phenoxy) is 7. The van der Waals surface area contributed by atoms with Crippen molar-refractivity contribution >= 4 is 5.71 Å². The topological polar surface area (TPSA) is 137 Å². The summed E-state index contributed by atoms with van der Waals surface area (Å²) < 4.78 is 42.0. The number of nitrogens with zero attached hydrogens (tertiary/aromatic N) is 4. The lowest BCUT2D eigenvalue weighted by atomic mass is 9.73. The normalized spacial score (nSPS) is 19.0. The van der Waals surface area contributed by atoms with Crippen molar-refractivity contribution in [1.82, 2.24) is 15.0 Å². The molecular weight excluding hydrogens is 596 g/mol. The summed E-state index contributed by atoms with van der Waals surface area (Å²) in [5.74, 6) is 2.92. The first-order valence-corrected chi connectivity index (χ1v) is 14.6. The maximum Gasteiger partial charge on any atom is 0.231 e. The number of hydrogen-bond acceptors (Lipinski definition) is 12. The molecule has 242 valence electrons. The molecule has 13 nitrogen and oxygen atoms in total. The lowest BCUT2D eigenvalue weighted by Gasteiger charge is -2.36. The third-order valence-corrected chi connectivity index (χ3v) is 8.43. The Labute approximate surface area is 266 Å². The molecule has 0 amide bonds. The fraction of sp³-hybridized carbons (Fsp3) is 0.364. The van der Waals surface area contributed by atoms with Gasteiger partial charge in [-0.1, -0.05) is 23.4 Å². The van der Waals surface area contributed by atoms with Gasteiger partial charge in [0.2, 0.25) is 18.3 Å². The molecule has 1 aliphatic carbocycles. The van der Waals surface area contributed by atoms with Crippen molar-refractivity contribution in [2.45, 2.75) is 32.5 Å². The van der Waals surface area contributed by atoms with E-state index < -0.39 is 5.60 Å². The number of oxime groups is 1. The van der Waals surface area contributed by atoms with Crippen LogP contribution >= 0.6 is 0 Å². The minimum absolute atomic E-state index is 0.0176. The van der Waals surface area contributed by atoms with Gasteiger partial charge in [0.1, 0.15) is 22.8 Å². The van der Waals surface area contributed by atoms with Crippen molar-refractivity contribution < 1.29 is 43.1 Å². The van der Waals surface area contributed by atoms with Crippen molar-refractivity contribution in [2.75, 3.05) is 42.3 Å². The molecule has 4 aromatic rings. The van der Waals surface area contributed by atoms with Gasteiger partial charge >= 0.3 is 0 Å². The SMILES string of the molecule is COc1cccc(-n2cc(CO/N=C3\c4cc(OC)c(OC)c(OC)c4-c4c(cc5c(c4OC)OCO5)C[C@H](C)[C@@]3(C)O)nn2)c1. The van der Waals surface area contributed by atoms with E-state index >= 15 is 0 Å². The Hall–Kier alpha value is -5.17. The molecule has 0 radical (unpaired) electrons. The smallest absolute Gasteiger partial charge is 0.231 e. The summed E-state index contributed by atoms with van der Waals surface area (Å²) in [5, 5.41) is 25.2. The average molecular weight is 633 g/mol. The maximum absolute atomic E-state index is 12.2. The van der Waals surface area contributed by atoms with Crippen LogP contribution in [0.15, 0.2) is 47.8 Å². The predicted molar refractivity (Wildman–Crippen MR) is 167 cm³/mol. The van der Waals surface area contributed by atoms with Crippen LogP contribution in [0.2, 0.25) is 0 Å². The van der Waals surface area contributed by atoms with E-state index in [2.05, 4.69) is 15.5 Å². The molecule has 0 saturated carbocycles. The number of hydrogen-bond donors (Lipinski definition) is 1. The molecule has 0 fully saturated rings. The summed E-state index contributed by atoms with van der Waals surface area (Å²) in [4.78, 5) is 5.91. The molecule has 0 bridgehead atoms. The van der Waals surface area contributed by atoms with Crippen LogP contribution in [0.3, 0.4) is 0 Å². The zero-order chi connectivity index (χ0) is 32.6. The second-order valence-electron chi connectivity index (χ2n) is 11.1. The standard InChI is InChI=1S/C33H36N4O9/c1-18-11-19-12-25-29(45-17-44-25)30(42-6)26(19)27-23(14-24(40-4)28(41-5)31(27)43-7)32(33(18,2)38)35-46-16-20-15-37(36-34-20)21-9-8-10-22(13-21)39-3/h8-10,12-15,18,38H,11,16-17H2,1-7H3/b35-32+/t18-,33+/m0/s1. The maximum atomic E-state index is 12.2. The lowest BCUT2D eigenvalue weighted by Crippen LogP contribution is -2.44. The van der Waals surface area contributed by atoms with Crippen molar-refractivity contribution in [2.24, 2.45) is 11.1 Å². The molecule has 1 aromatic heterocycles. The van der Waals surface area contributed by atoms with Crippen molar-refractivity contribution in [3.63, 3.8) is 0 Å². The zero-order valence-electron chi connectivity index (χ0n) is 26.7. The fourth-order valence-corrected chi connectivity index (χ4v) is 5.87. The largest absolute Gasteiger partial charge is 0.497 e. The Morgan fingerprint density at radius 2 is 1.74 bits per heavy atom. The molecular formula is C33H36N4O9. The van der Waals surface area contributed by atoms with E-state index in [9.17, 15) is 5.11 Å². The quantitative estimate of drug-likeness (QED) is 0.260. The van der Waals surface area contributed by atoms with Gasteiger partial charge in [0.25, 0.3) is 0 Å². The molecule has 2 aliphatic rings. The molecule has 6 rings (SSSR count). The molecule has 1 aliphatic heterocycles. The monoisotopic (exact) mass is 632 g/mol. The summed E-state index contributed by atoms with van der Waals surface area (Å²) in [5.41, 5.74) is 2.66. The van der Waals surface area contributed by atoms with E-state index in [0.717, 1.165) is 11.3 Å². The van der Waals surface area contributed by atoms with Crippen molar-refractivity contribution in [3.8, 4) is 57.1 Å². The Kier molecular flexibility index (Phi) is 8.26. The van der Waals surface area contributed by atoms with Gasteiger partial charge in [0, 0.05) is 22.8 Å². The molecule has 0 spiro atoms. The highest BCUT2D eigenvalue weighted by Gasteiger charge is 2.43.